The van der Waals surface area contributed by atoms with E-state index in [2.05, 4.69) is 20.8 Å². The minimum absolute atomic E-state index is 0.164. The van der Waals surface area contributed by atoms with Crippen molar-refractivity contribution >= 4 is 27.8 Å². The number of Topliss-reactive ketones (excluding diaryl/α,β-unsaturated/α-hetero) is 1. The first-order valence-electron chi connectivity index (χ1n) is 11.2. The van der Waals surface area contributed by atoms with Crippen LogP contribution in [0, 0.1) is 12.7 Å². The number of carbonyl (C=O) groups is 1. The highest BCUT2D eigenvalue weighted by atomic mass is 79.9. The third kappa shape index (κ3) is 4.11. The first kappa shape index (κ1) is 22.3. The molecule has 0 atom stereocenters. The molecule has 6 nitrogen and oxygen atoms in total. The van der Waals surface area contributed by atoms with Crippen molar-refractivity contribution in [2.24, 2.45) is 0 Å². The normalized spacial score (nSPS) is 17.8. The molecule has 0 spiro atoms. The maximum absolute atomic E-state index is 13.3. The van der Waals surface area contributed by atoms with Gasteiger partial charge in [0.2, 0.25) is 5.78 Å². The molecule has 3 aliphatic rings. The number of carbonyl (C=O) groups excluding carboxylic acids is 1. The number of nitrogens with zero attached hydrogens (tertiary/aromatic N) is 1. The van der Waals surface area contributed by atoms with Crippen molar-refractivity contribution in [2.75, 3.05) is 13.5 Å². The van der Waals surface area contributed by atoms with Gasteiger partial charge < -0.3 is 18.9 Å². The molecular weight excluding hydrogens is 517 g/mol. The second kappa shape index (κ2) is 8.78. The third-order valence-electron chi connectivity index (χ3n) is 6.31. The fraction of sp³-hybridized carbons (Fsp3) is 0.222. The van der Waals surface area contributed by atoms with Crippen LogP contribution in [0.15, 0.2) is 52.7 Å². The van der Waals surface area contributed by atoms with E-state index in [0.717, 1.165) is 38.0 Å². The predicted octanol–water partition coefficient (Wildman–Crippen LogP) is 5.73. The molecule has 35 heavy (non-hydrogen) atoms. The zero-order valence-corrected chi connectivity index (χ0v) is 20.5. The summed E-state index contributed by atoms with van der Waals surface area (Å²) in [5, 5.41) is 0. The molecule has 0 saturated heterocycles. The van der Waals surface area contributed by atoms with E-state index in [1.165, 1.54) is 12.1 Å². The van der Waals surface area contributed by atoms with Crippen LogP contribution in [0.5, 0.6) is 17.2 Å². The van der Waals surface area contributed by atoms with Crippen LogP contribution in [0.4, 0.5) is 4.39 Å². The lowest BCUT2D eigenvalue weighted by Gasteiger charge is -2.30. The summed E-state index contributed by atoms with van der Waals surface area (Å²) >= 11 is 3.52. The standard InChI is InChI=1S/C27H21BrFNO5/c1-15-25-18(11-30(13-33-25)10-16-2-4-21(29)5-3-16)8-22-24(31)23(35-26(15)22)9-17-6-20(28)7-19-12-32-14-34-27(17)19/h2-9H,10-14H2,1H3/b23-9-. The molecule has 0 radical (unpaired) electrons. The average molecular weight is 538 g/mol. The maximum atomic E-state index is 13.3. The Morgan fingerprint density at radius 2 is 1.89 bits per heavy atom. The van der Waals surface area contributed by atoms with E-state index in [1.807, 2.05) is 25.1 Å². The minimum atomic E-state index is -0.259. The molecule has 8 heteroatoms. The van der Waals surface area contributed by atoms with Gasteiger partial charge in [-0.15, -0.1) is 0 Å². The van der Waals surface area contributed by atoms with Crippen LogP contribution >= 0.6 is 15.9 Å². The van der Waals surface area contributed by atoms with E-state index in [4.69, 9.17) is 18.9 Å². The first-order chi connectivity index (χ1) is 17.0. The number of halogens is 2. The van der Waals surface area contributed by atoms with Gasteiger partial charge in [-0.2, -0.15) is 0 Å². The Balaban J connectivity index is 1.30. The number of allylic oxidation sites excluding steroid dienone is 1. The van der Waals surface area contributed by atoms with Crippen LogP contribution in [0.3, 0.4) is 0 Å². The molecule has 0 bridgehead atoms. The Hall–Kier alpha value is -3.20. The summed E-state index contributed by atoms with van der Waals surface area (Å²) in [5.41, 5.74) is 4.89. The number of hydrogen-bond acceptors (Lipinski definition) is 6. The molecule has 0 aromatic heterocycles. The second-order valence-electron chi connectivity index (χ2n) is 8.79. The van der Waals surface area contributed by atoms with Gasteiger partial charge in [0.1, 0.15) is 29.8 Å². The zero-order valence-electron chi connectivity index (χ0n) is 18.9. The van der Waals surface area contributed by atoms with Gasteiger partial charge in [0.05, 0.1) is 12.2 Å². The fourth-order valence-corrected chi connectivity index (χ4v) is 5.23. The molecule has 3 aromatic rings. The Morgan fingerprint density at radius 3 is 2.71 bits per heavy atom. The van der Waals surface area contributed by atoms with Crippen molar-refractivity contribution in [3.8, 4) is 17.2 Å². The number of benzene rings is 3. The Morgan fingerprint density at radius 1 is 1.06 bits per heavy atom. The SMILES string of the molecule is Cc1c2c(cc3c1O/C(=C\c1cc(Br)cc4c1OCOC4)C3=O)CN(Cc1ccc(F)cc1)CO2. The van der Waals surface area contributed by atoms with Crippen LogP contribution < -0.4 is 14.2 Å². The molecule has 0 aliphatic carbocycles. The van der Waals surface area contributed by atoms with E-state index in [9.17, 15) is 9.18 Å². The summed E-state index contributed by atoms with van der Waals surface area (Å²) in [7, 11) is 0. The van der Waals surface area contributed by atoms with Gasteiger partial charge in [-0.3, -0.25) is 9.69 Å². The van der Waals surface area contributed by atoms with Gasteiger partial charge in [0.15, 0.2) is 12.6 Å². The van der Waals surface area contributed by atoms with E-state index >= 15 is 0 Å². The smallest absolute Gasteiger partial charge is 0.231 e. The molecule has 0 saturated carbocycles. The number of fused-ring (bicyclic) bond motifs is 3. The summed E-state index contributed by atoms with van der Waals surface area (Å²) in [4.78, 5) is 15.4. The Bertz CT molecular complexity index is 1390. The minimum Gasteiger partial charge on any atom is -0.477 e. The van der Waals surface area contributed by atoms with Crippen molar-refractivity contribution in [2.45, 2.75) is 26.6 Å². The van der Waals surface area contributed by atoms with Crippen LogP contribution in [0.2, 0.25) is 0 Å². The largest absolute Gasteiger partial charge is 0.477 e. The third-order valence-corrected chi connectivity index (χ3v) is 6.77. The van der Waals surface area contributed by atoms with Crippen LogP contribution in [0.1, 0.15) is 38.2 Å². The van der Waals surface area contributed by atoms with Gasteiger partial charge in [-0.05, 0) is 48.9 Å². The molecule has 3 heterocycles. The molecule has 3 aromatic carbocycles. The lowest BCUT2D eigenvalue weighted by molar-refractivity contribution is -0.0165. The van der Waals surface area contributed by atoms with Gasteiger partial charge in [0.25, 0.3) is 0 Å². The van der Waals surface area contributed by atoms with Gasteiger partial charge >= 0.3 is 0 Å². The molecule has 0 N–H and O–H groups in total. The predicted molar refractivity (Wildman–Crippen MR) is 130 cm³/mol. The Kier molecular flexibility index (Phi) is 5.59. The number of ether oxygens (including phenoxy) is 4. The summed E-state index contributed by atoms with van der Waals surface area (Å²) in [5.74, 6) is 1.76. The van der Waals surface area contributed by atoms with Crippen molar-refractivity contribution in [1.82, 2.24) is 4.90 Å². The van der Waals surface area contributed by atoms with Crippen LogP contribution in [-0.2, 0) is 24.4 Å². The zero-order chi connectivity index (χ0) is 24.1. The van der Waals surface area contributed by atoms with Crippen molar-refractivity contribution in [3.63, 3.8) is 0 Å². The molecule has 6 rings (SSSR count). The van der Waals surface area contributed by atoms with E-state index in [1.54, 1.807) is 18.2 Å². The quantitative estimate of drug-likeness (QED) is 0.397. The molecule has 0 unspecified atom stereocenters. The summed E-state index contributed by atoms with van der Waals surface area (Å²) in [6.07, 6.45) is 1.72. The number of hydrogen-bond donors (Lipinski definition) is 0. The van der Waals surface area contributed by atoms with Crippen molar-refractivity contribution in [1.29, 1.82) is 0 Å². The number of rotatable bonds is 3. The Labute approximate surface area is 210 Å². The second-order valence-corrected chi connectivity index (χ2v) is 9.70. The molecule has 0 fully saturated rings. The highest BCUT2D eigenvalue weighted by molar-refractivity contribution is 9.10. The molecule has 3 aliphatic heterocycles. The van der Waals surface area contributed by atoms with E-state index in [0.29, 0.717) is 43.5 Å². The fourth-order valence-electron chi connectivity index (χ4n) is 4.70. The van der Waals surface area contributed by atoms with Gasteiger partial charge in [0, 0.05) is 39.8 Å². The highest BCUT2D eigenvalue weighted by Crippen LogP contribution is 2.44. The van der Waals surface area contributed by atoms with Crippen LogP contribution in [-0.4, -0.2) is 24.2 Å². The van der Waals surface area contributed by atoms with Gasteiger partial charge in [-0.1, -0.05) is 28.1 Å². The van der Waals surface area contributed by atoms with Crippen molar-refractivity contribution in [3.05, 3.63) is 91.9 Å². The van der Waals surface area contributed by atoms with E-state index < -0.39 is 0 Å². The topological polar surface area (TPSA) is 57.2 Å². The monoisotopic (exact) mass is 537 g/mol. The molecule has 0 amide bonds. The van der Waals surface area contributed by atoms with Gasteiger partial charge in [-0.25, -0.2) is 4.39 Å². The molecular formula is C27H21BrFNO5. The lowest BCUT2D eigenvalue weighted by Crippen LogP contribution is -2.32. The van der Waals surface area contributed by atoms with Crippen LogP contribution in [0.25, 0.3) is 6.08 Å². The lowest BCUT2D eigenvalue weighted by atomic mass is 9.99. The summed E-state index contributed by atoms with van der Waals surface area (Å²) < 4.78 is 37.3. The number of ketones is 1. The average Bonchev–Trinajstić information content (AvgIpc) is 3.16. The van der Waals surface area contributed by atoms with Crippen molar-refractivity contribution < 1.29 is 28.1 Å². The summed E-state index contributed by atoms with van der Waals surface area (Å²) in [6, 6.07) is 12.1. The maximum Gasteiger partial charge on any atom is 0.231 e. The van der Waals surface area contributed by atoms with E-state index in [-0.39, 0.29) is 24.2 Å². The first-order valence-corrected chi connectivity index (χ1v) is 12.0. The summed E-state index contributed by atoms with van der Waals surface area (Å²) in [6.45, 7) is 4.13. The highest BCUT2D eigenvalue weighted by Gasteiger charge is 2.34. The molecule has 178 valence electrons.